The molecule has 18 heavy (non-hydrogen) atoms. The van der Waals surface area contributed by atoms with Crippen LogP contribution >= 0.6 is 0 Å². The molecule has 0 saturated carbocycles. The molecule has 0 radical (unpaired) electrons. The molecule has 0 amide bonds. The summed E-state index contributed by atoms with van der Waals surface area (Å²) in [4.78, 5) is 9.57. The third-order valence-electron chi connectivity index (χ3n) is 2.34. The number of carboxylic acid groups (broad SMARTS) is 1. The minimum atomic E-state index is -1.35. The molecule has 0 aromatic heterocycles. The largest absolute Gasteiger partial charge is 0.480 e. The van der Waals surface area contributed by atoms with Gasteiger partial charge in [0, 0.05) is 0 Å². The summed E-state index contributed by atoms with van der Waals surface area (Å²) in [6.45, 7) is 0.949. The highest BCUT2D eigenvalue weighted by Crippen LogP contribution is 2.17. The molecule has 6 atom stereocenters. The van der Waals surface area contributed by atoms with E-state index in [1.807, 2.05) is 0 Å². The molecular formula is C9H20N2O7. The first-order valence-corrected chi connectivity index (χ1v) is 5.26. The van der Waals surface area contributed by atoms with Gasteiger partial charge >= 0.3 is 5.97 Å². The van der Waals surface area contributed by atoms with Gasteiger partial charge in [0.25, 0.3) is 0 Å². The Morgan fingerprint density at radius 3 is 2.11 bits per heavy atom. The fourth-order valence-electron chi connectivity index (χ4n) is 1.12. The van der Waals surface area contributed by atoms with Crippen molar-refractivity contribution in [1.82, 2.24) is 0 Å². The highest BCUT2D eigenvalue weighted by Gasteiger charge is 2.41. The molecule has 9 heteroatoms. The average Bonchev–Trinajstić information content (AvgIpc) is 2.31. The van der Waals surface area contributed by atoms with Crippen molar-refractivity contribution in [2.24, 2.45) is 11.5 Å². The normalized spacial score (nSPS) is 37.4. The number of hydrogen-bond acceptors (Lipinski definition) is 8. The Labute approximate surface area is 104 Å². The molecule has 108 valence electrons. The number of carboxylic acids is 1. The van der Waals surface area contributed by atoms with Gasteiger partial charge in [-0.15, -0.1) is 0 Å². The molecule has 1 heterocycles. The van der Waals surface area contributed by atoms with Crippen molar-refractivity contribution in [1.29, 1.82) is 0 Å². The molecule has 1 aliphatic rings. The first-order valence-electron chi connectivity index (χ1n) is 5.26. The maximum atomic E-state index is 9.57. The van der Waals surface area contributed by atoms with Gasteiger partial charge in [0.15, 0.2) is 6.29 Å². The van der Waals surface area contributed by atoms with E-state index in [4.69, 9.17) is 31.5 Å². The second-order valence-corrected chi connectivity index (χ2v) is 3.93. The second kappa shape index (κ2) is 7.59. The minimum Gasteiger partial charge on any atom is -0.480 e. The van der Waals surface area contributed by atoms with Gasteiger partial charge < -0.3 is 41.7 Å². The van der Waals surface area contributed by atoms with E-state index < -0.39 is 49.3 Å². The summed E-state index contributed by atoms with van der Waals surface area (Å²) in [5, 5.41) is 43.9. The van der Waals surface area contributed by atoms with E-state index in [1.165, 1.54) is 6.92 Å². The lowest BCUT2D eigenvalue weighted by Gasteiger charge is -2.38. The first-order chi connectivity index (χ1) is 8.22. The van der Waals surface area contributed by atoms with Crippen LogP contribution in [0, 0.1) is 0 Å². The molecule has 0 aromatic rings. The average molecular weight is 268 g/mol. The molecule has 1 aliphatic heterocycles. The van der Waals surface area contributed by atoms with E-state index in [2.05, 4.69) is 0 Å². The second-order valence-electron chi connectivity index (χ2n) is 3.93. The van der Waals surface area contributed by atoms with Gasteiger partial charge in [0.1, 0.15) is 24.4 Å². The van der Waals surface area contributed by atoms with Gasteiger partial charge in [-0.25, -0.2) is 0 Å². The Bertz CT molecular complexity index is 259. The van der Waals surface area contributed by atoms with E-state index in [9.17, 15) is 15.0 Å². The smallest absolute Gasteiger partial charge is 0.320 e. The molecule has 0 bridgehead atoms. The van der Waals surface area contributed by atoms with Crippen molar-refractivity contribution < 1.29 is 35.1 Å². The summed E-state index contributed by atoms with van der Waals surface area (Å²) < 4.78 is 4.70. The zero-order chi connectivity index (χ0) is 14.5. The Kier molecular flexibility index (Phi) is 7.25. The molecule has 0 spiro atoms. The van der Waals surface area contributed by atoms with Gasteiger partial charge in [-0.3, -0.25) is 4.79 Å². The first kappa shape index (κ1) is 17.2. The summed E-state index contributed by atoms with van der Waals surface area (Å²) in [7, 11) is 0. The van der Waals surface area contributed by atoms with E-state index in [0.29, 0.717) is 0 Å². The lowest BCUT2D eigenvalue weighted by atomic mass is 9.98. The molecule has 9 nitrogen and oxygen atoms in total. The van der Waals surface area contributed by atoms with Crippen molar-refractivity contribution in [3.63, 3.8) is 0 Å². The van der Waals surface area contributed by atoms with Crippen molar-refractivity contribution in [2.45, 2.75) is 43.6 Å². The lowest BCUT2D eigenvalue weighted by molar-refractivity contribution is -0.248. The van der Waals surface area contributed by atoms with E-state index in [0.717, 1.165) is 0 Å². The number of carbonyl (C=O) groups is 1. The van der Waals surface area contributed by atoms with Gasteiger partial charge in [0.05, 0.1) is 12.6 Å². The van der Waals surface area contributed by atoms with Gasteiger partial charge in [-0.05, 0) is 6.92 Å². The molecule has 2 unspecified atom stereocenters. The molecule has 0 aromatic carbocycles. The predicted molar refractivity (Wildman–Crippen MR) is 59.2 cm³/mol. The summed E-state index contributed by atoms with van der Waals surface area (Å²) in [5.41, 5.74) is 10.1. The zero-order valence-electron chi connectivity index (χ0n) is 9.88. The minimum absolute atomic E-state index is 0.470. The lowest BCUT2D eigenvalue weighted by Crippen LogP contribution is -2.61. The van der Waals surface area contributed by atoms with E-state index in [-0.39, 0.29) is 0 Å². The molecule has 9 N–H and O–H groups in total. The maximum absolute atomic E-state index is 9.57. The maximum Gasteiger partial charge on any atom is 0.320 e. The van der Waals surface area contributed by atoms with Crippen LogP contribution < -0.4 is 11.5 Å². The van der Waals surface area contributed by atoms with Crippen LogP contribution in [0.3, 0.4) is 0 Å². The van der Waals surface area contributed by atoms with Gasteiger partial charge in [-0.2, -0.15) is 0 Å². The summed E-state index contributed by atoms with van der Waals surface area (Å²) in [6.07, 6.45) is -4.85. The number of aliphatic carboxylic acids is 1. The van der Waals surface area contributed by atoms with Crippen LogP contribution in [-0.4, -0.2) is 74.8 Å². The highest BCUT2D eigenvalue weighted by molar-refractivity contribution is 5.72. The third kappa shape index (κ3) is 4.82. The van der Waals surface area contributed by atoms with E-state index >= 15 is 0 Å². The van der Waals surface area contributed by atoms with Gasteiger partial charge in [0.2, 0.25) is 0 Å². The summed E-state index contributed by atoms with van der Waals surface area (Å²) in [5.74, 6) is -0.963. The fraction of sp³-hybridized carbons (Fsp3) is 0.889. The molecule has 1 rings (SSSR count). The fourth-order valence-corrected chi connectivity index (χ4v) is 1.12. The standard InChI is InChI=1S/C6H13NO5.C3H7NO2/c7-3-5(10)4(9)2(1-8)12-6(3)11;1-2(4)3(5)6/h2-6,8-11H,1,7H2;2H,4H2,1H3,(H,5,6)/t2-,3-,4+,5-,6?;/m1./s1. The Balaban J connectivity index is 0.000000411. The number of hydrogen-bond donors (Lipinski definition) is 7. The SMILES string of the molecule is CC(N)C(=O)O.N[C@H]1C(O)O[C@H](CO)[C@H](O)[C@@H]1O. The van der Waals surface area contributed by atoms with Crippen molar-refractivity contribution in [3.05, 3.63) is 0 Å². The molecule has 1 saturated heterocycles. The van der Waals surface area contributed by atoms with Crippen LogP contribution in [-0.2, 0) is 9.53 Å². The topological polar surface area (TPSA) is 179 Å². The Morgan fingerprint density at radius 2 is 1.78 bits per heavy atom. The predicted octanol–water partition coefficient (Wildman–Crippen LogP) is -3.84. The Hall–Kier alpha value is -0.810. The van der Waals surface area contributed by atoms with Crippen LogP contribution in [0.5, 0.6) is 0 Å². The number of aliphatic hydroxyl groups excluding tert-OH is 4. The summed E-state index contributed by atoms with van der Waals surface area (Å²) in [6, 6.07) is -1.77. The van der Waals surface area contributed by atoms with Crippen LogP contribution in [0.25, 0.3) is 0 Å². The zero-order valence-corrected chi connectivity index (χ0v) is 9.88. The number of ether oxygens (including phenoxy) is 1. The summed E-state index contributed by atoms with van der Waals surface area (Å²) >= 11 is 0. The third-order valence-corrected chi connectivity index (χ3v) is 2.34. The quantitative estimate of drug-likeness (QED) is 0.264. The molecular weight excluding hydrogens is 248 g/mol. The number of nitrogens with two attached hydrogens (primary N) is 2. The van der Waals surface area contributed by atoms with Crippen LogP contribution in [0.1, 0.15) is 6.92 Å². The van der Waals surface area contributed by atoms with Crippen molar-refractivity contribution in [3.8, 4) is 0 Å². The Morgan fingerprint density at radius 1 is 1.33 bits per heavy atom. The monoisotopic (exact) mass is 268 g/mol. The molecule has 0 aliphatic carbocycles. The van der Waals surface area contributed by atoms with Crippen LogP contribution in [0.15, 0.2) is 0 Å². The number of aliphatic hydroxyl groups is 4. The van der Waals surface area contributed by atoms with Crippen LogP contribution in [0.2, 0.25) is 0 Å². The van der Waals surface area contributed by atoms with Crippen molar-refractivity contribution in [2.75, 3.05) is 6.61 Å². The van der Waals surface area contributed by atoms with Gasteiger partial charge in [-0.1, -0.05) is 0 Å². The van der Waals surface area contributed by atoms with Crippen molar-refractivity contribution >= 4 is 5.97 Å². The molecule has 1 fully saturated rings. The van der Waals surface area contributed by atoms with Crippen LogP contribution in [0.4, 0.5) is 0 Å². The van der Waals surface area contributed by atoms with E-state index in [1.54, 1.807) is 0 Å². The number of rotatable bonds is 2. The highest BCUT2D eigenvalue weighted by atomic mass is 16.6.